The second-order valence-electron chi connectivity index (χ2n) is 11.9. The number of carbonyl (C=O) groups is 2. The van der Waals surface area contributed by atoms with Crippen LogP contribution in [0.2, 0.25) is 5.02 Å². The molecule has 2 atom stereocenters. The molecule has 0 radical (unpaired) electrons. The predicted molar refractivity (Wildman–Crippen MR) is 164 cm³/mol. The molecule has 10 heteroatoms. The molecule has 2 N–H and O–H groups in total. The summed E-state index contributed by atoms with van der Waals surface area (Å²) in [5, 5.41) is 14.5. The number of carbonyl (C=O) groups excluding carboxylic acids is 2. The number of aromatic nitrogens is 4. The Morgan fingerprint density at radius 1 is 1.05 bits per heavy atom. The lowest BCUT2D eigenvalue weighted by molar-refractivity contribution is -0.127. The first-order valence-electron chi connectivity index (χ1n) is 14.0. The lowest BCUT2D eigenvalue weighted by Crippen LogP contribution is -2.46. The van der Waals surface area contributed by atoms with Gasteiger partial charge in [0.15, 0.2) is 5.82 Å². The zero-order chi connectivity index (χ0) is 30.2. The second kappa shape index (κ2) is 11.6. The highest BCUT2D eigenvalue weighted by Crippen LogP contribution is 2.51. The van der Waals surface area contributed by atoms with Crippen LogP contribution in [0.1, 0.15) is 45.7 Å². The molecule has 1 saturated carbocycles. The van der Waals surface area contributed by atoms with Crippen LogP contribution < -0.4 is 16.2 Å². The summed E-state index contributed by atoms with van der Waals surface area (Å²) in [6.07, 6.45) is 4.42. The van der Waals surface area contributed by atoms with Gasteiger partial charge in [-0.25, -0.2) is 0 Å². The summed E-state index contributed by atoms with van der Waals surface area (Å²) in [5.41, 5.74) is 3.72. The maximum atomic E-state index is 13.6. The molecule has 0 spiro atoms. The Morgan fingerprint density at radius 3 is 2.33 bits per heavy atom. The minimum atomic E-state index is -0.857. The van der Waals surface area contributed by atoms with Crippen molar-refractivity contribution in [1.29, 1.82) is 0 Å². The van der Waals surface area contributed by atoms with Crippen molar-refractivity contribution in [3.05, 3.63) is 88.1 Å². The van der Waals surface area contributed by atoms with Crippen LogP contribution >= 0.6 is 11.6 Å². The van der Waals surface area contributed by atoms with Crippen molar-refractivity contribution in [1.82, 2.24) is 24.6 Å². The van der Waals surface area contributed by atoms with E-state index in [4.69, 9.17) is 11.6 Å². The van der Waals surface area contributed by atoms with Gasteiger partial charge in [0.2, 0.25) is 11.8 Å². The molecule has 2 aromatic carbocycles. The van der Waals surface area contributed by atoms with E-state index in [9.17, 15) is 14.4 Å². The van der Waals surface area contributed by atoms with E-state index >= 15 is 0 Å². The molecule has 0 bridgehead atoms. The van der Waals surface area contributed by atoms with Crippen LogP contribution in [0.5, 0.6) is 0 Å². The van der Waals surface area contributed by atoms with E-state index in [1.165, 1.54) is 0 Å². The maximum Gasteiger partial charge on any atom is 0.250 e. The van der Waals surface area contributed by atoms with E-state index in [0.717, 1.165) is 23.1 Å². The van der Waals surface area contributed by atoms with Gasteiger partial charge < -0.3 is 19.8 Å². The molecule has 218 valence electrons. The molecular weight excluding hydrogens is 552 g/mol. The minimum absolute atomic E-state index is 0.00800. The van der Waals surface area contributed by atoms with Crippen LogP contribution in [0.3, 0.4) is 0 Å². The van der Waals surface area contributed by atoms with Crippen molar-refractivity contribution < 1.29 is 9.59 Å². The molecule has 4 aromatic rings. The highest BCUT2D eigenvalue weighted by atomic mass is 35.5. The van der Waals surface area contributed by atoms with E-state index in [0.29, 0.717) is 22.1 Å². The van der Waals surface area contributed by atoms with Crippen LogP contribution in [0.15, 0.2) is 71.9 Å². The van der Waals surface area contributed by atoms with E-state index in [1.807, 2.05) is 69.8 Å². The maximum absolute atomic E-state index is 13.6. The van der Waals surface area contributed by atoms with Gasteiger partial charge in [0, 0.05) is 54.0 Å². The van der Waals surface area contributed by atoms with E-state index in [-0.39, 0.29) is 41.2 Å². The molecule has 0 aliphatic heterocycles. The topological polar surface area (TPSA) is 111 Å². The molecule has 1 unspecified atom stereocenters. The number of nitrogens with zero attached hydrogens (tertiary/aromatic N) is 4. The van der Waals surface area contributed by atoms with Gasteiger partial charge in [-0.2, -0.15) is 0 Å². The second-order valence-corrected chi connectivity index (χ2v) is 12.3. The monoisotopic (exact) mass is 586 g/mol. The Kier molecular flexibility index (Phi) is 8.06. The van der Waals surface area contributed by atoms with Crippen molar-refractivity contribution in [2.24, 2.45) is 18.4 Å². The minimum Gasteiger partial charge on any atom is -0.344 e. The fraction of sp³-hybridized carbons (Fsp3) is 0.344. The van der Waals surface area contributed by atoms with Crippen LogP contribution in [0.25, 0.3) is 22.5 Å². The molecule has 9 nitrogen and oxygen atoms in total. The van der Waals surface area contributed by atoms with Gasteiger partial charge in [-0.15, -0.1) is 10.2 Å². The largest absolute Gasteiger partial charge is 0.344 e. The molecule has 2 heterocycles. The van der Waals surface area contributed by atoms with Gasteiger partial charge >= 0.3 is 0 Å². The Morgan fingerprint density at radius 2 is 1.71 bits per heavy atom. The molecule has 42 heavy (non-hydrogen) atoms. The lowest BCUT2D eigenvalue weighted by atomic mass is 9.99. The van der Waals surface area contributed by atoms with Gasteiger partial charge in [0.1, 0.15) is 12.4 Å². The summed E-state index contributed by atoms with van der Waals surface area (Å²) in [4.78, 5) is 39.0. The molecule has 2 aromatic heterocycles. The lowest BCUT2D eigenvalue weighted by Gasteiger charge is -2.20. The number of halogens is 1. The van der Waals surface area contributed by atoms with Crippen molar-refractivity contribution in [2.45, 2.75) is 52.6 Å². The van der Waals surface area contributed by atoms with E-state index in [1.54, 1.807) is 41.2 Å². The smallest absolute Gasteiger partial charge is 0.250 e. The first-order chi connectivity index (χ1) is 19.9. The Hall–Kier alpha value is -4.24. The Labute approximate surface area is 249 Å². The number of anilines is 1. The highest BCUT2D eigenvalue weighted by Gasteiger charge is 2.51. The number of hydrogen-bond acceptors (Lipinski definition) is 5. The summed E-state index contributed by atoms with van der Waals surface area (Å²) in [5.74, 6) is 0.0814. The standard InChI is InChI=1S/C32H35ClN6O3/c1-19(2)39-17-22(9-13-28(39)40)21-8-12-26(33)23(14-21)15-27(36-30(41)25-16-32(25,3)4)31(42)35-24-10-6-20(7-11-24)29-37-34-18-38(29)5/h6-14,17-19,25,27H,15-16H2,1-5H3,(H,35,42)(H,36,41)/t25?,27-/m0/s1. The van der Waals surface area contributed by atoms with E-state index < -0.39 is 6.04 Å². The van der Waals surface area contributed by atoms with Gasteiger partial charge in [-0.05, 0) is 84.8 Å². The van der Waals surface area contributed by atoms with Gasteiger partial charge in [0.05, 0.1) is 0 Å². The third-order valence-electron chi connectivity index (χ3n) is 7.88. The van der Waals surface area contributed by atoms with Crippen molar-refractivity contribution >= 4 is 29.1 Å². The summed E-state index contributed by atoms with van der Waals surface area (Å²) in [6, 6.07) is 15.4. The van der Waals surface area contributed by atoms with Gasteiger partial charge in [-0.1, -0.05) is 31.5 Å². The number of pyridine rings is 1. The summed E-state index contributed by atoms with van der Waals surface area (Å²) in [6.45, 7) is 7.99. The molecule has 5 rings (SSSR count). The third kappa shape index (κ3) is 6.31. The first-order valence-corrected chi connectivity index (χ1v) is 14.4. The number of nitrogens with one attached hydrogen (secondary N) is 2. The molecule has 0 saturated heterocycles. The van der Waals surface area contributed by atoms with Crippen LogP contribution in [-0.2, 0) is 23.1 Å². The highest BCUT2D eigenvalue weighted by molar-refractivity contribution is 6.31. The van der Waals surface area contributed by atoms with Crippen molar-refractivity contribution in [2.75, 3.05) is 5.32 Å². The Balaban J connectivity index is 1.40. The fourth-order valence-electron chi connectivity index (χ4n) is 5.08. The summed E-state index contributed by atoms with van der Waals surface area (Å²) in [7, 11) is 1.86. The van der Waals surface area contributed by atoms with Crippen molar-refractivity contribution in [3.8, 4) is 22.5 Å². The molecular formula is C32H35ClN6O3. The van der Waals surface area contributed by atoms with Gasteiger partial charge in [-0.3, -0.25) is 14.4 Å². The number of aryl methyl sites for hydroxylation is 1. The normalized spacial score (nSPS) is 16.2. The average molecular weight is 587 g/mol. The number of amides is 2. The summed E-state index contributed by atoms with van der Waals surface area (Å²) >= 11 is 6.62. The third-order valence-corrected chi connectivity index (χ3v) is 8.25. The van der Waals surface area contributed by atoms with Crippen molar-refractivity contribution in [3.63, 3.8) is 0 Å². The van der Waals surface area contributed by atoms with Crippen LogP contribution in [0.4, 0.5) is 5.69 Å². The number of benzene rings is 2. The SMILES string of the molecule is CC(C)n1cc(-c2ccc(Cl)c(C[C@H](NC(=O)C3CC3(C)C)C(=O)Nc3ccc(-c4nncn4C)cc3)c2)ccc1=O. The molecule has 1 aliphatic carbocycles. The Bertz CT molecular complexity index is 1690. The average Bonchev–Trinajstić information content (AvgIpc) is 3.38. The fourth-order valence-corrected chi connectivity index (χ4v) is 5.28. The van der Waals surface area contributed by atoms with E-state index in [2.05, 4.69) is 20.8 Å². The molecule has 2 amide bonds. The summed E-state index contributed by atoms with van der Waals surface area (Å²) < 4.78 is 3.49. The van der Waals surface area contributed by atoms with Crippen LogP contribution in [0, 0.1) is 11.3 Å². The number of rotatable bonds is 9. The first kappa shape index (κ1) is 29.3. The van der Waals surface area contributed by atoms with Crippen LogP contribution in [-0.4, -0.2) is 37.2 Å². The molecule has 1 aliphatic rings. The zero-order valence-corrected chi connectivity index (χ0v) is 25.1. The zero-order valence-electron chi connectivity index (χ0n) is 24.4. The van der Waals surface area contributed by atoms with Gasteiger partial charge in [0.25, 0.3) is 5.56 Å². The number of hydrogen-bond donors (Lipinski definition) is 2. The quantitative estimate of drug-likeness (QED) is 0.278. The molecule has 1 fully saturated rings. The predicted octanol–water partition coefficient (Wildman–Crippen LogP) is 5.26.